The van der Waals surface area contributed by atoms with E-state index in [0.29, 0.717) is 5.70 Å². The summed E-state index contributed by atoms with van der Waals surface area (Å²) in [4.78, 5) is 0. The van der Waals surface area contributed by atoms with Crippen LogP contribution in [0.5, 0.6) is 0 Å². The van der Waals surface area contributed by atoms with E-state index >= 15 is 0 Å². The number of hydrogen-bond donors (Lipinski definition) is 2. The molecule has 0 aromatic heterocycles. The highest BCUT2D eigenvalue weighted by Gasteiger charge is 1.95. The Morgan fingerprint density at radius 3 is 2.50 bits per heavy atom. The van der Waals surface area contributed by atoms with Gasteiger partial charge < -0.3 is 10.8 Å². The van der Waals surface area contributed by atoms with Crippen molar-refractivity contribution in [2.45, 2.75) is 6.92 Å². The van der Waals surface area contributed by atoms with Gasteiger partial charge in [0.15, 0.2) is 0 Å². The summed E-state index contributed by atoms with van der Waals surface area (Å²) >= 11 is 5.53. The number of halogens is 1. The largest absolute Gasteiger partial charge is 0.507 e. The maximum Gasteiger partial charge on any atom is 0.129 e. The Morgan fingerprint density at radius 1 is 1.70 bits per heavy atom. The lowest BCUT2D eigenvalue weighted by Crippen LogP contribution is -1.91. The lowest BCUT2D eigenvalue weighted by molar-refractivity contribution is 0.428. The summed E-state index contributed by atoms with van der Waals surface area (Å²) < 4.78 is 0. The molecule has 10 heavy (non-hydrogen) atoms. The number of aliphatic hydroxyl groups excluding tert-OH is 1. The normalized spacial score (nSPS) is 13.4. The molecule has 0 aromatic rings. The van der Waals surface area contributed by atoms with Crippen LogP contribution in [0.4, 0.5) is 0 Å². The van der Waals surface area contributed by atoms with Gasteiger partial charge in [-0.3, -0.25) is 0 Å². The number of rotatable bonds is 2. The third-order valence-electron chi connectivity index (χ3n) is 0.830. The van der Waals surface area contributed by atoms with Crippen LogP contribution in [-0.4, -0.2) is 5.11 Å². The van der Waals surface area contributed by atoms with Gasteiger partial charge in [0.2, 0.25) is 0 Å². The number of hydrogen-bond acceptors (Lipinski definition) is 2. The molecule has 0 amide bonds. The topological polar surface area (TPSA) is 46.2 Å². The molecule has 0 aliphatic carbocycles. The fourth-order valence-electron chi connectivity index (χ4n) is 0.375. The summed E-state index contributed by atoms with van der Waals surface area (Å²) in [6, 6.07) is 0. The van der Waals surface area contributed by atoms with Gasteiger partial charge in [-0.15, -0.1) is 0 Å². The van der Waals surface area contributed by atoms with Crippen molar-refractivity contribution < 1.29 is 5.11 Å². The van der Waals surface area contributed by atoms with Crippen LogP contribution in [0.1, 0.15) is 6.92 Å². The molecule has 0 aliphatic rings. The lowest BCUT2D eigenvalue weighted by atomic mass is 10.3. The second-order valence-electron chi connectivity index (χ2n) is 1.74. The van der Waals surface area contributed by atoms with Gasteiger partial charge in [-0.25, -0.2) is 0 Å². The zero-order chi connectivity index (χ0) is 8.15. The number of nitrogens with two attached hydrogens (primary N) is 1. The van der Waals surface area contributed by atoms with Crippen LogP contribution < -0.4 is 5.73 Å². The van der Waals surface area contributed by atoms with E-state index in [9.17, 15) is 0 Å². The molecule has 0 rings (SSSR count). The van der Waals surface area contributed by atoms with E-state index in [1.54, 1.807) is 6.92 Å². The molecule has 56 valence electrons. The Labute approximate surface area is 65.3 Å². The van der Waals surface area contributed by atoms with Gasteiger partial charge in [-0.2, -0.15) is 0 Å². The second-order valence-corrected chi connectivity index (χ2v) is 2.15. The van der Waals surface area contributed by atoms with E-state index in [0.717, 1.165) is 0 Å². The van der Waals surface area contributed by atoms with Crippen LogP contribution in [-0.2, 0) is 0 Å². The molecule has 0 fully saturated rings. The zero-order valence-electron chi connectivity index (χ0n) is 5.76. The van der Waals surface area contributed by atoms with Crippen molar-refractivity contribution in [1.29, 1.82) is 0 Å². The summed E-state index contributed by atoms with van der Waals surface area (Å²) in [5.74, 6) is 0.00765. The molecule has 0 saturated carbocycles. The molecular weight excluding hydrogens is 150 g/mol. The van der Waals surface area contributed by atoms with Crippen LogP contribution in [0.15, 0.2) is 35.2 Å². The predicted octanol–water partition coefficient (Wildman–Crippen LogP) is 2.04. The maximum atomic E-state index is 8.94. The molecule has 0 aromatic carbocycles. The Morgan fingerprint density at radius 2 is 2.20 bits per heavy atom. The minimum absolute atomic E-state index is 0.00765. The Balaban J connectivity index is 4.35. The predicted molar refractivity (Wildman–Crippen MR) is 43.6 cm³/mol. The molecule has 0 unspecified atom stereocenters. The van der Waals surface area contributed by atoms with Crippen LogP contribution in [0, 0.1) is 0 Å². The van der Waals surface area contributed by atoms with Crippen LogP contribution in [0.25, 0.3) is 0 Å². The maximum absolute atomic E-state index is 8.94. The molecule has 0 saturated heterocycles. The van der Waals surface area contributed by atoms with Crippen molar-refractivity contribution in [3.8, 4) is 0 Å². The fraction of sp³-hybridized carbons (Fsp3) is 0.143. The molecule has 2 nitrogen and oxygen atoms in total. The van der Waals surface area contributed by atoms with E-state index < -0.39 is 0 Å². The summed E-state index contributed by atoms with van der Waals surface area (Å²) in [7, 11) is 0. The number of aliphatic hydroxyl groups is 1. The highest BCUT2D eigenvalue weighted by Crippen LogP contribution is 2.11. The van der Waals surface area contributed by atoms with Gasteiger partial charge in [0.05, 0.1) is 5.03 Å². The van der Waals surface area contributed by atoms with Gasteiger partial charge in [0.25, 0.3) is 0 Å². The SMILES string of the molecule is C=C(N)/C=C(Cl)\C(O)=C/C. The minimum Gasteiger partial charge on any atom is -0.507 e. The average Bonchev–Trinajstić information content (AvgIpc) is 1.85. The van der Waals surface area contributed by atoms with Crippen molar-refractivity contribution in [1.82, 2.24) is 0 Å². The first kappa shape index (κ1) is 9.11. The van der Waals surface area contributed by atoms with Gasteiger partial charge in [-0.1, -0.05) is 18.2 Å². The van der Waals surface area contributed by atoms with Crippen molar-refractivity contribution in [2.75, 3.05) is 0 Å². The van der Waals surface area contributed by atoms with E-state index in [-0.39, 0.29) is 10.8 Å². The second kappa shape index (κ2) is 4.01. The van der Waals surface area contributed by atoms with Gasteiger partial charge in [0.1, 0.15) is 5.76 Å². The molecule has 0 bridgehead atoms. The molecule has 0 spiro atoms. The van der Waals surface area contributed by atoms with E-state index in [4.69, 9.17) is 22.4 Å². The molecule has 0 heterocycles. The molecule has 0 atom stereocenters. The Hall–Kier alpha value is -0.890. The third-order valence-corrected chi connectivity index (χ3v) is 1.13. The highest BCUT2D eigenvalue weighted by atomic mass is 35.5. The summed E-state index contributed by atoms with van der Waals surface area (Å²) in [5.41, 5.74) is 5.51. The molecule has 3 N–H and O–H groups in total. The van der Waals surface area contributed by atoms with E-state index in [1.165, 1.54) is 12.2 Å². The quantitative estimate of drug-likeness (QED) is 0.479. The van der Waals surface area contributed by atoms with Crippen LogP contribution >= 0.6 is 11.6 Å². The molecule has 0 aliphatic heterocycles. The summed E-state index contributed by atoms with van der Waals surface area (Å²) in [6.07, 6.45) is 2.86. The smallest absolute Gasteiger partial charge is 0.129 e. The van der Waals surface area contributed by atoms with Crippen LogP contribution in [0.3, 0.4) is 0 Å². The van der Waals surface area contributed by atoms with E-state index in [2.05, 4.69) is 6.58 Å². The summed E-state index contributed by atoms with van der Waals surface area (Å²) in [5, 5.41) is 9.14. The van der Waals surface area contributed by atoms with Gasteiger partial charge >= 0.3 is 0 Å². The lowest BCUT2D eigenvalue weighted by Gasteiger charge is -1.94. The monoisotopic (exact) mass is 159 g/mol. The molecule has 3 heteroatoms. The average molecular weight is 160 g/mol. The van der Waals surface area contributed by atoms with Crippen molar-refractivity contribution >= 4 is 11.6 Å². The fourth-order valence-corrected chi connectivity index (χ4v) is 0.624. The highest BCUT2D eigenvalue weighted by molar-refractivity contribution is 6.31. The summed E-state index contributed by atoms with van der Waals surface area (Å²) in [6.45, 7) is 5.06. The van der Waals surface area contributed by atoms with E-state index in [1.807, 2.05) is 0 Å². The first-order valence-electron chi connectivity index (χ1n) is 2.75. The minimum atomic E-state index is 0.00765. The first-order valence-corrected chi connectivity index (χ1v) is 3.13. The Kier molecular flexibility index (Phi) is 3.65. The third kappa shape index (κ3) is 3.20. The van der Waals surface area contributed by atoms with Gasteiger partial charge in [-0.05, 0) is 19.1 Å². The molecular formula is C7H10ClNO. The van der Waals surface area contributed by atoms with Gasteiger partial charge in [0, 0.05) is 5.70 Å². The number of allylic oxidation sites excluding steroid dienone is 3. The van der Waals surface area contributed by atoms with Crippen LogP contribution in [0.2, 0.25) is 0 Å². The Bertz CT molecular complexity index is 194. The first-order chi connectivity index (χ1) is 4.57. The van der Waals surface area contributed by atoms with Crippen molar-refractivity contribution in [3.05, 3.63) is 35.2 Å². The zero-order valence-corrected chi connectivity index (χ0v) is 6.52. The van der Waals surface area contributed by atoms with Crippen molar-refractivity contribution in [2.24, 2.45) is 5.73 Å². The molecule has 0 radical (unpaired) electrons. The standard InChI is InChI=1S/C7H10ClNO/c1-3-7(10)6(8)4-5(2)9/h3-4,10H,2,9H2,1H3/b6-4+,7-3+. The van der Waals surface area contributed by atoms with Crippen molar-refractivity contribution in [3.63, 3.8) is 0 Å².